The van der Waals surface area contributed by atoms with Crippen molar-refractivity contribution >= 4 is 26.7 Å². The van der Waals surface area contributed by atoms with Crippen LogP contribution in [0.5, 0.6) is 0 Å². The Hall–Kier alpha value is -0.900. The molecule has 106 valence electrons. The van der Waals surface area contributed by atoms with Crippen LogP contribution in [0.25, 0.3) is 10.8 Å². The lowest BCUT2D eigenvalue weighted by molar-refractivity contribution is 0.139. The number of hydrogen-bond acceptors (Lipinski definition) is 2. The van der Waals surface area contributed by atoms with E-state index in [2.05, 4.69) is 57.6 Å². The van der Waals surface area contributed by atoms with E-state index in [1.54, 1.807) is 0 Å². The van der Waals surface area contributed by atoms with Crippen LogP contribution in [0.3, 0.4) is 0 Å². The molecule has 3 rings (SSSR count). The van der Waals surface area contributed by atoms with E-state index in [9.17, 15) is 0 Å². The van der Waals surface area contributed by atoms with E-state index >= 15 is 0 Å². The van der Waals surface area contributed by atoms with Crippen molar-refractivity contribution in [2.45, 2.75) is 25.3 Å². The summed E-state index contributed by atoms with van der Waals surface area (Å²) in [5, 5.41) is 6.06. The Labute approximate surface area is 128 Å². The van der Waals surface area contributed by atoms with Crippen molar-refractivity contribution in [2.24, 2.45) is 0 Å². The summed E-state index contributed by atoms with van der Waals surface area (Å²) in [7, 11) is 0. The third-order valence-electron chi connectivity index (χ3n) is 3.73. The van der Waals surface area contributed by atoms with Gasteiger partial charge >= 0.3 is 0 Å². The van der Waals surface area contributed by atoms with E-state index in [1.165, 1.54) is 29.2 Å². The number of rotatable bonds is 7. The molecule has 3 heteroatoms. The van der Waals surface area contributed by atoms with Crippen LogP contribution >= 0.6 is 15.9 Å². The zero-order valence-electron chi connectivity index (χ0n) is 11.6. The van der Waals surface area contributed by atoms with Crippen LogP contribution in [-0.4, -0.2) is 25.8 Å². The molecular formula is C17H20BrNO. The van der Waals surface area contributed by atoms with Crippen molar-refractivity contribution in [3.63, 3.8) is 0 Å². The number of fused-ring (bicyclic) bond motifs is 1. The lowest BCUT2D eigenvalue weighted by atomic mass is 10.0. The molecule has 0 amide bonds. The number of ether oxygens (including phenoxy) is 1. The van der Waals surface area contributed by atoms with Gasteiger partial charge in [0, 0.05) is 17.1 Å². The van der Waals surface area contributed by atoms with Crippen molar-refractivity contribution in [1.29, 1.82) is 0 Å². The fourth-order valence-electron chi connectivity index (χ4n) is 2.45. The van der Waals surface area contributed by atoms with Crippen molar-refractivity contribution in [1.82, 2.24) is 5.32 Å². The number of hydrogen-bond donors (Lipinski definition) is 1. The molecule has 2 nitrogen and oxygen atoms in total. The van der Waals surface area contributed by atoms with Crippen molar-refractivity contribution in [3.8, 4) is 0 Å². The molecule has 0 saturated heterocycles. The molecule has 0 unspecified atom stereocenters. The molecule has 0 heterocycles. The van der Waals surface area contributed by atoms with Gasteiger partial charge in [-0.1, -0.05) is 46.3 Å². The minimum absolute atomic E-state index is 0.772. The first kappa shape index (κ1) is 14.1. The zero-order valence-corrected chi connectivity index (χ0v) is 13.2. The van der Waals surface area contributed by atoms with Crippen LogP contribution < -0.4 is 5.32 Å². The maximum atomic E-state index is 5.72. The van der Waals surface area contributed by atoms with Crippen molar-refractivity contribution in [3.05, 3.63) is 46.4 Å². The van der Waals surface area contributed by atoms with Crippen LogP contribution in [0.4, 0.5) is 0 Å². The second-order valence-corrected chi connectivity index (χ2v) is 6.20. The van der Waals surface area contributed by atoms with Gasteiger partial charge in [-0.15, -0.1) is 0 Å². The summed E-state index contributed by atoms with van der Waals surface area (Å²) >= 11 is 3.61. The first-order chi connectivity index (χ1) is 9.84. The summed E-state index contributed by atoms with van der Waals surface area (Å²) in [6, 6.07) is 13.6. The summed E-state index contributed by atoms with van der Waals surface area (Å²) in [5.41, 5.74) is 1.36. The van der Waals surface area contributed by atoms with Gasteiger partial charge in [-0.05, 0) is 41.7 Å². The Morgan fingerprint density at radius 3 is 2.65 bits per heavy atom. The maximum Gasteiger partial charge on any atom is 0.0591 e. The smallest absolute Gasteiger partial charge is 0.0591 e. The van der Waals surface area contributed by atoms with E-state index in [1.807, 2.05) is 0 Å². The Balaban J connectivity index is 1.53. The van der Waals surface area contributed by atoms with Gasteiger partial charge in [0.15, 0.2) is 0 Å². The molecule has 0 radical (unpaired) electrons. The second-order valence-electron chi connectivity index (χ2n) is 5.34. The molecule has 1 fully saturated rings. The van der Waals surface area contributed by atoms with Gasteiger partial charge in [-0.3, -0.25) is 0 Å². The van der Waals surface area contributed by atoms with Crippen molar-refractivity contribution < 1.29 is 4.74 Å². The van der Waals surface area contributed by atoms with Gasteiger partial charge in [0.2, 0.25) is 0 Å². The Kier molecular flexibility index (Phi) is 4.71. The molecule has 20 heavy (non-hydrogen) atoms. The minimum atomic E-state index is 0.772. The average Bonchev–Trinajstić information content (AvgIpc) is 3.29. The summed E-state index contributed by atoms with van der Waals surface area (Å²) in [6.07, 6.45) is 3.65. The molecule has 2 aromatic carbocycles. The fourth-order valence-corrected chi connectivity index (χ4v) is 2.93. The third kappa shape index (κ3) is 3.60. The molecular weight excluding hydrogens is 314 g/mol. The first-order valence-corrected chi connectivity index (χ1v) is 8.11. The molecule has 2 aromatic rings. The molecule has 1 saturated carbocycles. The number of halogens is 1. The van der Waals surface area contributed by atoms with Gasteiger partial charge in [0.1, 0.15) is 0 Å². The third-order valence-corrected chi connectivity index (χ3v) is 4.43. The zero-order chi connectivity index (χ0) is 13.8. The summed E-state index contributed by atoms with van der Waals surface area (Å²) in [4.78, 5) is 0. The van der Waals surface area contributed by atoms with Gasteiger partial charge in [-0.25, -0.2) is 0 Å². The Bertz CT molecular complexity index is 580. The number of benzene rings is 2. The highest BCUT2D eigenvalue weighted by Gasteiger charge is 2.19. The summed E-state index contributed by atoms with van der Waals surface area (Å²) in [5.74, 6) is 0. The fraction of sp³-hybridized carbons (Fsp3) is 0.412. The van der Waals surface area contributed by atoms with E-state index < -0.39 is 0 Å². The quantitative estimate of drug-likeness (QED) is 0.775. The Morgan fingerprint density at radius 2 is 1.85 bits per heavy atom. The van der Waals surface area contributed by atoms with E-state index in [0.29, 0.717) is 0 Å². The van der Waals surface area contributed by atoms with Gasteiger partial charge in [-0.2, -0.15) is 0 Å². The highest BCUT2D eigenvalue weighted by molar-refractivity contribution is 9.10. The summed E-state index contributed by atoms with van der Waals surface area (Å²) in [6.45, 7) is 2.58. The lowest BCUT2D eigenvalue weighted by Gasteiger charge is -2.09. The monoisotopic (exact) mass is 333 g/mol. The predicted molar refractivity (Wildman–Crippen MR) is 87.2 cm³/mol. The minimum Gasteiger partial charge on any atom is -0.380 e. The highest BCUT2D eigenvalue weighted by Crippen LogP contribution is 2.27. The molecule has 0 aliphatic heterocycles. The SMILES string of the molecule is Brc1ccc(CCOCCNC2CC2)c2ccccc12. The second kappa shape index (κ2) is 6.70. The van der Waals surface area contributed by atoms with Crippen molar-refractivity contribution in [2.75, 3.05) is 19.8 Å². The molecule has 0 spiro atoms. The van der Waals surface area contributed by atoms with Crippen LogP contribution in [-0.2, 0) is 11.2 Å². The van der Waals surface area contributed by atoms with E-state index in [-0.39, 0.29) is 0 Å². The van der Waals surface area contributed by atoms with Gasteiger partial charge in [0.05, 0.1) is 13.2 Å². The van der Waals surface area contributed by atoms with Gasteiger partial charge < -0.3 is 10.1 Å². The average molecular weight is 334 g/mol. The molecule has 1 aliphatic rings. The van der Waals surface area contributed by atoms with Crippen LogP contribution in [0.2, 0.25) is 0 Å². The lowest BCUT2D eigenvalue weighted by Crippen LogP contribution is -2.22. The summed E-state index contributed by atoms with van der Waals surface area (Å²) < 4.78 is 6.88. The number of nitrogens with one attached hydrogen (secondary N) is 1. The molecule has 0 aromatic heterocycles. The highest BCUT2D eigenvalue weighted by atomic mass is 79.9. The predicted octanol–water partition coefficient (Wildman–Crippen LogP) is 3.91. The molecule has 1 N–H and O–H groups in total. The first-order valence-electron chi connectivity index (χ1n) is 7.32. The topological polar surface area (TPSA) is 21.3 Å². The molecule has 0 atom stereocenters. The molecule has 0 bridgehead atoms. The standard InChI is InChI=1S/C17H20BrNO/c18-17-8-5-13(15-3-1-2-4-16(15)17)9-11-20-12-10-19-14-6-7-14/h1-5,8,14,19H,6-7,9-12H2. The normalized spacial score (nSPS) is 14.8. The molecule has 1 aliphatic carbocycles. The maximum absolute atomic E-state index is 5.72. The van der Waals surface area contributed by atoms with Gasteiger partial charge in [0.25, 0.3) is 0 Å². The van der Waals surface area contributed by atoms with Crippen LogP contribution in [0, 0.1) is 0 Å². The van der Waals surface area contributed by atoms with Crippen LogP contribution in [0.15, 0.2) is 40.9 Å². The largest absolute Gasteiger partial charge is 0.380 e. The van der Waals surface area contributed by atoms with E-state index in [4.69, 9.17) is 4.74 Å². The van der Waals surface area contributed by atoms with Crippen LogP contribution in [0.1, 0.15) is 18.4 Å². The Morgan fingerprint density at radius 1 is 1.05 bits per heavy atom. The van der Waals surface area contributed by atoms with E-state index in [0.717, 1.165) is 36.7 Å².